The highest BCUT2D eigenvalue weighted by Crippen LogP contribution is 2.13. The van der Waals surface area contributed by atoms with Crippen LogP contribution >= 0.6 is 15.9 Å². The van der Waals surface area contributed by atoms with E-state index in [9.17, 15) is 4.79 Å². The zero-order chi connectivity index (χ0) is 12.5. The number of rotatable bonds is 7. The van der Waals surface area contributed by atoms with Crippen molar-refractivity contribution in [3.05, 3.63) is 29.8 Å². The largest absolute Gasteiger partial charge is 0.494 e. The van der Waals surface area contributed by atoms with Crippen LogP contribution in [0.5, 0.6) is 5.75 Å². The normalized spacial score (nSPS) is 10.0. The molecule has 0 bridgehead atoms. The van der Waals surface area contributed by atoms with E-state index < -0.39 is 0 Å². The van der Waals surface area contributed by atoms with Gasteiger partial charge in [0.25, 0.3) is 5.91 Å². The van der Waals surface area contributed by atoms with E-state index in [0.717, 1.165) is 11.8 Å². The van der Waals surface area contributed by atoms with E-state index in [1.54, 1.807) is 18.2 Å². The summed E-state index contributed by atoms with van der Waals surface area (Å²) in [7, 11) is 0. The lowest BCUT2D eigenvalue weighted by Gasteiger charge is -2.07. The molecular weight excluding hydrogens is 286 g/mol. The van der Waals surface area contributed by atoms with Crippen LogP contribution in [-0.4, -0.2) is 36.1 Å². The molecule has 0 aromatic heterocycles. The number of halogens is 1. The van der Waals surface area contributed by atoms with Crippen LogP contribution in [0.2, 0.25) is 0 Å². The van der Waals surface area contributed by atoms with Crippen molar-refractivity contribution in [1.82, 2.24) is 5.32 Å². The summed E-state index contributed by atoms with van der Waals surface area (Å²) in [5.74, 6) is 0.479. The highest BCUT2D eigenvalue weighted by Gasteiger charge is 2.05. The average Bonchev–Trinajstić information content (AvgIpc) is 2.36. The molecule has 4 nitrogen and oxygen atoms in total. The Kier molecular flexibility index (Phi) is 6.65. The van der Waals surface area contributed by atoms with Gasteiger partial charge >= 0.3 is 0 Å². The first-order valence-electron chi connectivity index (χ1n) is 5.46. The molecule has 5 heteroatoms. The minimum atomic E-state index is -0.204. The number of hydrogen-bond donors (Lipinski definition) is 2. The molecule has 0 heterocycles. The van der Waals surface area contributed by atoms with E-state index in [-0.39, 0.29) is 19.1 Å². The van der Waals surface area contributed by atoms with Crippen molar-refractivity contribution in [3.63, 3.8) is 0 Å². The van der Waals surface area contributed by atoms with Gasteiger partial charge in [-0.05, 0) is 24.6 Å². The second-order valence-corrected chi connectivity index (χ2v) is 4.19. The van der Waals surface area contributed by atoms with Gasteiger partial charge in [-0.1, -0.05) is 22.0 Å². The van der Waals surface area contributed by atoms with Crippen LogP contribution in [-0.2, 0) is 0 Å². The lowest BCUT2D eigenvalue weighted by atomic mass is 10.2. The summed E-state index contributed by atoms with van der Waals surface area (Å²) < 4.78 is 5.48. The van der Waals surface area contributed by atoms with Gasteiger partial charge in [-0.3, -0.25) is 4.79 Å². The number of aliphatic hydroxyl groups is 1. The molecule has 1 rings (SSSR count). The van der Waals surface area contributed by atoms with E-state index in [1.807, 2.05) is 6.07 Å². The summed E-state index contributed by atoms with van der Waals surface area (Å²) >= 11 is 3.32. The van der Waals surface area contributed by atoms with Crippen LogP contribution in [0.3, 0.4) is 0 Å². The third-order valence-corrected chi connectivity index (χ3v) is 2.60. The zero-order valence-corrected chi connectivity index (χ0v) is 11.1. The molecule has 1 aromatic carbocycles. The number of benzene rings is 1. The van der Waals surface area contributed by atoms with E-state index >= 15 is 0 Å². The first-order chi connectivity index (χ1) is 8.27. The fraction of sp³-hybridized carbons (Fsp3) is 0.417. The molecule has 1 aromatic rings. The van der Waals surface area contributed by atoms with Gasteiger partial charge in [-0.15, -0.1) is 0 Å². The molecular formula is C12H16BrNO3. The molecule has 0 spiro atoms. The van der Waals surface area contributed by atoms with Crippen LogP contribution in [0.25, 0.3) is 0 Å². The molecule has 0 radical (unpaired) electrons. The summed E-state index contributed by atoms with van der Waals surface area (Å²) in [5.41, 5.74) is 0.537. The number of ether oxygens (including phenoxy) is 1. The summed E-state index contributed by atoms with van der Waals surface area (Å²) in [4.78, 5) is 11.6. The maximum atomic E-state index is 11.6. The van der Waals surface area contributed by atoms with Crippen LogP contribution in [0.15, 0.2) is 24.3 Å². The number of carbonyl (C=O) groups is 1. The molecule has 0 unspecified atom stereocenters. The van der Waals surface area contributed by atoms with Gasteiger partial charge in [0.2, 0.25) is 0 Å². The first kappa shape index (κ1) is 14.0. The second-order valence-electron chi connectivity index (χ2n) is 3.40. The van der Waals surface area contributed by atoms with Gasteiger partial charge in [0.1, 0.15) is 5.75 Å². The lowest BCUT2D eigenvalue weighted by Crippen LogP contribution is -2.26. The fourth-order valence-corrected chi connectivity index (χ4v) is 1.47. The minimum Gasteiger partial charge on any atom is -0.494 e. The van der Waals surface area contributed by atoms with Crippen molar-refractivity contribution in [1.29, 1.82) is 0 Å². The SMILES string of the molecule is O=C(NCCO)c1cccc(OCCCBr)c1. The summed E-state index contributed by atoms with van der Waals surface area (Å²) in [6.45, 7) is 0.813. The summed E-state index contributed by atoms with van der Waals surface area (Å²) in [5, 5.41) is 12.1. The molecule has 0 aliphatic rings. The van der Waals surface area contributed by atoms with Crippen molar-refractivity contribution in [2.45, 2.75) is 6.42 Å². The van der Waals surface area contributed by atoms with Crippen LogP contribution in [0, 0.1) is 0 Å². The minimum absolute atomic E-state index is 0.0623. The Bertz CT molecular complexity index is 357. The van der Waals surface area contributed by atoms with Crippen LogP contribution < -0.4 is 10.1 Å². The number of aliphatic hydroxyl groups excluding tert-OH is 1. The van der Waals surface area contributed by atoms with Gasteiger partial charge in [0, 0.05) is 17.4 Å². The molecule has 0 saturated heterocycles. The number of amides is 1. The Labute approximate surface area is 109 Å². The Balaban J connectivity index is 2.55. The van der Waals surface area contributed by atoms with Crippen molar-refractivity contribution < 1.29 is 14.6 Å². The standard InChI is InChI=1S/C12H16BrNO3/c13-5-2-8-17-11-4-1-3-10(9-11)12(16)14-6-7-15/h1,3-4,9,15H,2,5-8H2,(H,14,16). The van der Waals surface area contributed by atoms with E-state index in [0.29, 0.717) is 17.9 Å². The van der Waals surface area contributed by atoms with Crippen LogP contribution in [0.1, 0.15) is 16.8 Å². The Morgan fingerprint density at radius 1 is 1.47 bits per heavy atom. The quantitative estimate of drug-likeness (QED) is 0.594. The molecule has 94 valence electrons. The predicted octanol–water partition coefficient (Wildman–Crippen LogP) is 1.57. The van der Waals surface area contributed by atoms with Crippen molar-refractivity contribution in [2.24, 2.45) is 0 Å². The molecule has 0 fully saturated rings. The second kappa shape index (κ2) is 8.08. The molecule has 1 amide bonds. The monoisotopic (exact) mass is 301 g/mol. The molecule has 0 aliphatic heterocycles. The number of carbonyl (C=O) groups excluding carboxylic acids is 1. The third-order valence-electron chi connectivity index (χ3n) is 2.04. The van der Waals surface area contributed by atoms with Crippen molar-refractivity contribution in [2.75, 3.05) is 25.1 Å². The zero-order valence-electron chi connectivity index (χ0n) is 9.49. The number of nitrogens with one attached hydrogen (secondary N) is 1. The van der Waals surface area contributed by atoms with E-state index in [2.05, 4.69) is 21.2 Å². The Morgan fingerprint density at radius 3 is 3.00 bits per heavy atom. The summed E-state index contributed by atoms with van der Waals surface area (Å²) in [6.07, 6.45) is 0.918. The van der Waals surface area contributed by atoms with Gasteiger partial charge in [0.15, 0.2) is 0 Å². The maximum absolute atomic E-state index is 11.6. The Morgan fingerprint density at radius 2 is 2.29 bits per heavy atom. The lowest BCUT2D eigenvalue weighted by molar-refractivity contribution is 0.0944. The smallest absolute Gasteiger partial charge is 0.251 e. The maximum Gasteiger partial charge on any atom is 0.251 e. The first-order valence-corrected chi connectivity index (χ1v) is 6.58. The summed E-state index contributed by atoms with van der Waals surface area (Å²) in [6, 6.07) is 7.00. The van der Waals surface area contributed by atoms with E-state index in [4.69, 9.17) is 9.84 Å². The van der Waals surface area contributed by atoms with Gasteiger partial charge in [-0.2, -0.15) is 0 Å². The predicted molar refractivity (Wildman–Crippen MR) is 69.8 cm³/mol. The van der Waals surface area contributed by atoms with Crippen molar-refractivity contribution in [3.8, 4) is 5.75 Å². The fourth-order valence-electron chi connectivity index (χ4n) is 1.24. The highest BCUT2D eigenvalue weighted by atomic mass is 79.9. The highest BCUT2D eigenvalue weighted by molar-refractivity contribution is 9.09. The van der Waals surface area contributed by atoms with Gasteiger partial charge in [-0.25, -0.2) is 0 Å². The topological polar surface area (TPSA) is 58.6 Å². The molecule has 0 aliphatic carbocycles. The molecule has 0 saturated carbocycles. The average molecular weight is 302 g/mol. The molecule has 2 N–H and O–H groups in total. The van der Waals surface area contributed by atoms with Gasteiger partial charge < -0.3 is 15.2 Å². The Hall–Kier alpha value is -1.07. The number of hydrogen-bond acceptors (Lipinski definition) is 3. The van der Waals surface area contributed by atoms with Gasteiger partial charge in [0.05, 0.1) is 13.2 Å². The molecule has 17 heavy (non-hydrogen) atoms. The van der Waals surface area contributed by atoms with Crippen molar-refractivity contribution >= 4 is 21.8 Å². The molecule has 0 atom stereocenters. The number of alkyl halides is 1. The van der Waals surface area contributed by atoms with Crippen LogP contribution in [0.4, 0.5) is 0 Å². The third kappa shape index (κ3) is 5.19. The van der Waals surface area contributed by atoms with E-state index in [1.165, 1.54) is 0 Å².